The third-order valence-corrected chi connectivity index (χ3v) is 3.99. The highest BCUT2D eigenvalue weighted by Gasteiger charge is 2.21. The molecule has 6 heteroatoms. The summed E-state index contributed by atoms with van der Waals surface area (Å²) in [5.74, 6) is -0.525. The molecule has 0 unspecified atom stereocenters. The van der Waals surface area contributed by atoms with Crippen LogP contribution < -0.4 is 10.2 Å². The van der Waals surface area contributed by atoms with E-state index in [1.807, 2.05) is 0 Å². The minimum absolute atomic E-state index is 0.134. The maximum absolute atomic E-state index is 13.7. The fraction of sp³-hybridized carbons (Fsp3) is 0.222. The van der Waals surface area contributed by atoms with Crippen LogP contribution in [0.5, 0.6) is 0 Å². The molecule has 0 atom stereocenters. The summed E-state index contributed by atoms with van der Waals surface area (Å²) in [5.41, 5.74) is 1.72. The van der Waals surface area contributed by atoms with Gasteiger partial charge in [0.2, 0.25) is 0 Å². The van der Waals surface area contributed by atoms with Crippen molar-refractivity contribution in [2.45, 2.75) is 6.54 Å². The predicted molar refractivity (Wildman–Crippen MR) is 89.4 cm³/mol. The Labute approximate surface area is 139 Å². The molecule has 124 valence electrons. The van der Waals surface area contributed by atoms with E-state index in [4.69, 9.17) is 0 Å². The van der Waals surface area contributed by atoms with Crippen LogP contribution in [0.15, 0.2) is 48.5 Å². The van der Waals surface area contributed by atoms with Gasteiger partial charge >= 0.3 is 6.03 Å². The lowest BCUT2D eigenvalue weighted by molar-refractivity contribution is 0.0784. The topological polar surface area (TPSA) is 52.7 Å². The number of carbonyl (C=O) groups is 2. The van der Waals surface area contributed by atoms with E-state index in [0.29, 0.717) is 24.2 Å². The lowest BCUT2D eigenvalue weighted by atomic mass is 10.1. The van der Waals surface area contributed by atoms with Crippen LogP contribution in [0.25, 0.3) is 0 Å². The minimum atomic E-state index is -0.326. The Bertz CT molecular complexity index is 761. The van der Waals surface area contributed by atoms with Gasteiger partial charge in [-0.05, 0) is 30.3 Å². The molecule has 2 aromatic carbocycles. The number of amides is 3. The normalized spacial score (nSPS) is 13.8. The number of nitrogens with zero attached hydrogens (tertiary/aromatic N) is 2. The molecule has 0 aromatic heterocycles. The van der Waals surface area contributed by atoms with Crippen molar-refractivity contribution in [1.82, 2.24) is 10.2 Å². The third-order valence-electron chi connectivity index (χ3n) is 3.99. The van der Waals surface area contributed by atoms with Crippen LogP contribution in [-0.2, 0) is 6.54 Å². The molecule has 2 aromatic rings. The van der Waals surface area contributed by atoms with Crippen LogP contribution in [0.3, 0.4) is 0 Å². The zero-order chi connectivity index (χ0) is 17.1. The smallest absolute Gasteiger partial charge is 0.321 e. The second-order valence-electron chi connectivity index (χ2n) is 5.68. The molecule has 1 fully saturated rings. The summed E-state index contributed by atoms with van der Waals surface area (Å²) in [7, 11) is 1.64. The Balaban J connectivity index is 1.70. The first kappa shape index (κ1) is 16.0. The summed E-state index contributed by atoms with van der Waals surface area (Å²) < 4.78 is 13.7. The molecule has 0 aliphatic carbocycles. The van der Waals surface area contributed by atoms with Gasteiger partial charge < -0.3 is 10.2 Å². The maximum atomic E-state index is 13.7. The highest BCUT2D eigenvalue weighted by molar-refractivity contribution is 5.96. The van der Waals surface area contributed by atoms with Crippen molar-refractivity contribution in [2.24, 2.45) is 0 Å². The molecule has 0 bridgehead atoms. The quantitative estimate of drug-likeness (QED) is 0.938. The molecular weight excluding hydrogens is 309 g/mol. The second-order valence-corrected chi connectivity index (χ2v) is 5.68. The molecule has 24 heavy (non-hydrogen) atoms. The van der Waals surface area contributed by atoms with Crippen LogP contribution in [0.1, 0.15) is 15.9 Å². The van der Waals surface area contributed by atoms with E-state index in [1.165, 1.54) is 11.0 Å². The Morgan fingerprint density at radius 2 is 1.92 bits per heavy atom. The van der Waals surface area contributed by atoms with Crippen molar-refractivity contribution in [2.75, 3.05) is 25.0 Å². The van der Waals surface area contributed by atoms with Gasteiger partial charge in [-0.2, -0.15) is 0 Å². The molecule has 0 radical (unpaired) electrons. The fourth-order valence-corrected chi connectivity index (χ4v) is 2.68. The van der Waals surface area contributed by atoms with Gasteiger partial charge in [0.15, 0.2) is 0 Å². The number of benzene rings is 2. The lowest BCUT2D eigenvalue weighted by Gasteiger charge is -2.19. The molecule has 1 aliphatic rings. The van der Waals surface area contributed by atoms with Crippen LogP contribution in [-0.4, -0.2) is 37.0 Å². The number of urea groups is 1. The summed E-state index contributed by atoms with van der Waals surface area (Å²) in [6.45, 7) is 1.42. The van der Waals surface area contributed by atoms with Crippen LogP contribution in [0.2, 0.25) is 0 Å². The predicted octanol–water partition coefficient (Wildman–Crippen LogP) is 2.63. The molecule has 5 nitrogen and oxygen atoms in total. The van der Waals surface area contributed by atoms with Gasteiger partial charge in [-0.15, -0.1) is 0 Å². The molecule has 1 heterocycles. The average molecular weight is 327 g/mol. The zero-order valence-electron chi connectivity index (χ0n) is 13.3. The van der Waals surface area contributed by atoms with E-state index in [-0.39, 0.29) is 24.3 Å². The summed E-state index contributed by atoms with van der Waals surface area (Å²) in [6, 6.07) is 13.1. The van der Waals surface area contributed by atoms with E-state index in [9.17, 15) is 14.0 Å². The summed E-state index contributed by atoms with van der Waals surface area (Å²) in [4.78, 5) is 27.2. The number of hydrogen-bond donors (Lipinski definition) is 1. The second kappa shape index (κ2) is 6.70. The van der Waals surface area contributed by atoms with Crippen molar-refractivity contribution in [3.8, 4) is 0 Å². The van der Waals surface area contributed by atoms with E-state index < -0.39 is 0 Å². The van der Waals surface area contributed by atoms with Gasteiger partial charge in [0.1, 0.15) is 5.82 Å². The van der Waals surface area contributed by atoms with E-state index in [0.717, 1.165) is 5.69 Å². The molecule has 0 spiro atoms. The maximum Gasteiger partial charge on any atom is 0.321 e. The first-order chi connectivity index (χ1) is 11.6. The van der Waals surface area contributed by atoms with Gasteiger partial charge in [-0.1, -0.05) is 18.2 Å². The van der Waals surface area contributed by atoms with Crippen molar-refractivity contribution in [1.29, 1.82) is 0 Å². The molecule has 1 N–H and O–H groups in total. The highest BCUT2D eigenvalue weighted by atomic mass is 19.1. The van der Waals surface area contributed by atoms with E-state index in [2.05, 4.69) is 5.32 Å². The van der Waals surface area contributed by atoms with E-state index >= 15 is 0 Å². The van der Waals surface area contributed by atoms with Crippen molar-refractivity contribution >= 4 is 17.6 Å². The van der Waals surface area contributed by atoms with Gasteiger partial charge in [0, 0.05) is 43.5 Å². The number of carbonyl (C=O) groups excluding carboxylic acids is 2. The monoisotopic (exact) mass is 327 g/mol. The number of halogens is 1. The first-order valence-electron chi connectivity index (χ1n) is 7.70. The van der Waals surface area contributed by atoms with Crippen molar-refractivity contribution in [3.63, 3.8) is 0 Å². The third kappa shape index (κ3) is 3.22. The molecule has 3 rings (SSSR count). The van der Waals surface area contributed by atoms with Crippen molar-refractivity contribution < 1.29 is 14.0 Å². The molecular formula is C18H18FN3O2. The minimum Gasteiger partial charge on any atom is -0.337 e. The SMILES string of the molecule is CN(Cc1ccccc1F)C(=O)c1ccc(N2CCNC2=O)cc1. The number of nitrogens with one attached hydrogen (secondary N) is 1. The lowest BCUT2D eigenvalue weighted by Crippen LogP contribution is -2.28. The number of rotatable bonds is 4. The number of hydrogen-bond acceptors (Lipinski definition) is 2. The van der Waals surface area contributed by atoms with Gasteiger partial charge in [0.05, 0.1) is 0 Å². The van der Waals surface area contributed by atoms with Crippen LogP contribution >= 0.6 is 0 Å². The Morgan fingerprint density at radius 3 is 2.54 bits per heavy atom. The van der Waals surface area contributed by atoms with Crippen molar-refractivity contribution in [3.05, 3.63) is 65.5 Å². The summed E-state index contributed by atoms with van der Waals surface area (Å²) >= 11 is 0. The highest BCUT2D eigenvalue weighted by Crippen LogP contribution is 2.18. The Morgan fingerprint density at radius 1 is 1.21 bits per heavy atom. The summed E-state index contributed by atoms with van der Waals surface area (Å²) in [6.07, 6.45) is 0. The van der Waals surface area contributed by atoms with Gasteiger partial charge in [0.25, 0.3) is 5.91 Å². The molecule has 3 amide bonds. The molecule has 1 saturated heterocycles. The van der Waals surface area contributed by atoms with Gasteiger partial charge in [-0.3, -0.25) is 9.69 Å². The standard InChI is InChI=1S/C18H18FN3O2/c1-21(12-14-4-2-3-5-16(14)19)17(23)13-6-8-15(9-7-13)22-11-10-20-18(22)24/h2-9H,10-12H2,1H3,(H,20,24). The largest absolute Gasteiger partial charge is 0.337 e. The van der Waals surface area contributed by atoms with Crippen LogP contribution in [0.4, 0.5) is 14.9 Å². The van der Waals surface area contributed by atoms with Gasteiger partial charge in [-0.25, -0.2) is 9.18 Å². The Kier molecular flexibility index (Phi) is 4.46. The average Bonchev–Trinajstić information content (AvgIpc) is 3.02. The fourth-order valence-electron chi connectivity index (χ4n) is 2.68. The van der Waals surface area contributed by atoms with E-state index in [1.54, 1.807) is 54.4 Å². The Hall–Kier alpha value is -2.89. The molecule has 1 aliphatic heterocycles. The van der Waals surface area contributed by atoms with Crippen LogP contribution in [0, 0.1) is 5.82 Å². The number of anilines is 1. The zero-order valence-corrected chi connectivity index (χ0v) is 13.3. The first-order valence-corrected chi connectivity index (χ1v) is 7.70. The molecule has 0 saturated carbocycles. The summed E-state index contributed by atoms with van der Waals surface area (Å²) in [5, 5.41) is 2.73.